The van der Waals surface area contributed by atoms with Crippen molar-refractivity contribution in [1.82, 2.24) is 15.0 Å². The Kier molecular flexibility index (Phi) is 8.12. The molecule has 10 aromatic rings. The number of rotatable bonds is 7. The second-order valence-corrected chi connectivity index (χ2v) is 13.6. The topological polar surface area (TPSA) is 51.8 Å². The maximum Gasteiger partial charge on any atom is 0.160 e. The van der Waals surface area contributed by atoms with E-state index in [4.69, 9.17) is 19.4 Å². The summed E-state index contributed by atoms with van der Waals surface area (Å²) in [7, 11) is 0. The van der Waals surface area contributed by atoms with Gasteiger partial charge in [-0.25, -0.2) is 15.0 Å². The Balaban J connectivity index is 1.11. The van der Waals surface area contributed by atoms with Gasteiger partial charge >= 0.3 is 0 Å². The summed E-state index contributed by atoms with van der Waals surface area (Å²) in [6.45, 7) is 0. The highest BCUT2D eigenvalue weighted by atomic mass is 16.3. The average Bonchev–Trinajstić information content (AvgIpc) is 3.68. The van der Waals surface area contributed by atoms with E-state index in [-0.39, 0.29) is 0 Å². The number of furan rings is 1. The summed E-state index contributed by atoms with van der Waals surface area (Å²) in [6.07, 6.45) is 0. The van der Waals surface area contributed by atoms with Crippen molar-refractivity contribution in [3.05, 3.63) is 200 Å². The second kappa shape index (κ2) is 13.8. The van der Waals surface area contributed by atoms with Gasteiger partial charge < -0.3 is 4.42 Å². The Labute approximate surface area is 319 Å². The van der Waals surface area contributed by atoms with Crippen LogP contribution in [-0.2, 0) is 0 Å². The van der Waals surface area contributed by atoms with Gasteiger partial charge in [-0.2, -0.15) is 0 Å². The summed E-state index contributed by atoms with van der Waals surface area (Å²) in [5, 5.41) is 1.98. The van der Waals surface area contributed by atoms with Crippen LogP contribution in [-0.4, -0.2) is 15.0 Å². The number of nitrogens with zero attached hydrogens (tertiary/aromatic N) is 3. The van der Waals surface area contributed by atoms with Crippen LogP contribution in [0, 0.1) is 0 Å². The third-order valence-electron chi connectivity index (χ3n) is 10.1. The van der Waals surface area contributed by atoms with Crippen molar-refractivity contribution in [1.29, 1.82) is 0 Å². The van der Waals surface area contributed by atoms with Crippen molar-refractivity contribution < 1.29 is 4.42 Å². The average molecular weight is 704 g/mol. The lowest BCUT2D eigenvalue weighted by Gasteiger charge is -2.11. The molecular formula is C51H33N3O. The van der Waals surface area contributed by atoms with Crippen LogP contribution >= 0.6 is 0 Å². The van der Waals surface area contributed by atoms with Crippen molar-refractivity contribution in [2.75, 3.05) is 0 Å². The Bertz CT molecular complexity index is 2870. The molecule has 0 aliphatic rings. The number of hydrogen-bond acceptors (Lipinski definition) is 4. The van der Waals surface area contributed by atoms with Crippen LogP contribution in [0.5, 0.6) is 0 Å². The molecule has 0 spiro atoms. The van der Waals surface area contributed by atoms with Gasteiger partial charge in [0.1, 0.15) is 11.3 Å². The SMILES string of the molecule is c1ccc(-c2cc(-c3ccc(-c4ccc5c(c4)nc(-c4ccccc4)c4c(-c6ccccc6)c(-c6ccccc6)oc45)cc3)nc(-c3ccccc3)n2)cc1. The first kappa shape index (κ1) is 32.2. The van der Waals surface area contributed by atoms with Crippen molar-refractivity contribution >= 4 is 21.9 Å². The maximum absolute atomic E-state index is 6.96. The van der Waals surface area contributed by atoms with Gasteiger partial charge in [0.25, 0.3) is 0 Å². The standard InChI is InChI=1S/C51H33N3O/c1-6-16-35(17-7-1)43-33-44(54-51(53-43)40-24-14-5-15-25-40)36-28-26-34(27-29-36)41-30-31-42-45(32-41)52-48(38-20-10-3-11-21-38)47-46(37-18-8-2-9-19-37)49(55-50(42)47)39-22-12-4-13-23-39/h1-33H. The van der Waals surface area contributed by atoms with Crippen molar-refractivity contribution in [3.63, 3.8) is 0 Å². The van der Waals surface area contributed by atoms with Crippen LogP contribution in [0.3, 0.4) is 0 Å². The molecule has 0 saturated heterocycles. The van der Waals surface area contributed by atoms with E-state index in [1.807, 2.05) is 54.6 Å². The van der Waals surface area contributed by atoms with E-state index < -0.39 is 0 Å². The summed E-state index contributed by atoms with van der Waals surface area (Å²) in [5.74, 6) is 1.54. The molecule has 0 radical (unpaired) electrons. The lowest BCUT2D eigenvalue weighted by atomic mass is 9.94. The molecule has 0 saturated carbocycles. The van der Waals surface area contributed by atoms with Crippen LogP contribution in [0.2, 0.25) is 0 Å². The predicted octanol–water partition coefficient (Wildman–Crippen LogP) is 13.4. The summed E-state index contributed by atoms with van der Waals surface area (Å²) >= 11 is 0. The highest BCUT2D eigenvalue weighted by molar-refractivity contribution is 6.17. The van der Waals surface area contributed by atoms with Crippen molar-refractivity contribution in [2.45, 2.75) is 0 Å². The molecule has 0 bridgehead atoms. The number of aromatic nitrogens is 3. The second-order valence-electron chi connectivity index (χ2n) is 13.6. The minimum Gasteiger partial charge on any atom is -0.455 e. The lowest BCUT2D eigenvalue weighted by Crippen LogP contribution is -1.95. The Morgan fingerprint density at radius 2 is 0.818 bits per heavy atom. The summed E-state index contributed by atoms with van der Waals surface area (Å²) < 4.78 is 6.96. The van der Waals surface area contributed by atoms with Gasteiger partial charge in [-0.3, -0.25) is 0 Å². The Morgan fingerprint density at radius 1 is 0.345 bits per heavy atom. The normalized spacial score (nSPS) is 11.3. The van der Waals surface area contributed by atoms with Gasteiger partial charge in [-0.1, -0.05) is 182 Å². The largest absolute Gasteiger partial charge is 0.455 e. The molecule has 0 aliphatic heterocycles. The van der Waals surface area contributed by atoms with Gasteiger partial charge in [-0.15, -0.1) is 0 Å². The summed E-state index contributed by atoms with van der Waals surface area (Å²) in [5.41, 5.74) is 13.8. The highest BCUT2D eigenvalue weighted by Gasteiger charge is 2.24. The molecule has 7 aromatic carbocycles. The third kappa shape index (κ3) is 6.06. The van der Waals surface area contributed by atoms with Gasteiger partial charge in [0.2, 0.25) is 0 Å². The smallest absolute Gasteiger partial charge is 0.160 e. The van der Waals surface area contributed by atoms with Gasteiger partial charge in [0.15, 0.2) is 5.82 Å². The van der Waals surface area contributed by atoms with E-state index in [9.17, 15) is 0 Å². The molecule has 3 aromatic heterocycles. The lowest BCUT2D eigenvalue weighted by molar-refractivity contribution is 0.636. The quantitative estimate of drug-likeness (QED) is 0.166. The number of fused-ring (bicyclic) bond motifs is 3. The third-order valence-corrected chi connectivity index (χ3v) is 10.1. The maximum atomic E-state index is 6.96. The zero-order valence-corrected chi connectivity index (χ0v) is 29.8. The molecule has 4 nitrogen and oxygen atoms in total. The molecule has 3 heterocycles. The molecule has 10 rings (SSSR count). The van der Waals surface area contributed by atoms with Crippen LogP contribution in [0.15, 0.2) is 205 Å². The molecule has 0 aliphatic carbocycles. The molecule has 0 amide bonds. The fourth-order valence-electron chi connectivity index (χ4n) is 7.40. The minimum atomic E-state index is 0.700. The highest BCUT2D eigenvalue weighted by Crippen LogP contribution is 2.47. The van der Waals surface area contributed by atoms with Crippen molar-refractivity contribution in [2.24, 2.45) is 0 Å². The van der Waals surface area contributed by atoms with Crippen LogP contribution in [0.25, 0.3) is 101 Å². The minimum absolute atomic E-state index is 0.700. The first-order valence-electron chi connectivity index (χ1n) is 18.4. The zero-order chi connectivity index (χ0) is 36.6. The molecular weight excluding hydrogens is 671 g/mol. The fourth-order valence-corrected chi connectivity index (χ4v) is 7.40. The molecule has 0 unspecified atom stereocenters. The summed E-state index contributed by atoms with van der Waals surface area (Å²) in [6, 6.07) is 68.9. The molecule has 4 heteroatoms. The first-order chi connectivity index (χ1) is 27.3. The molecule has 55 heavy (non-hydrogen) atoms. The molecule has 0 fully saturated rings. The number of benzene rings is 7. The number of hydrogen-bond donors (Lipinski definition) is 0. The van der Waals surface area contributed by atoms with Crippen molar-refractivity contribution in [3.8, 4) is 78.7 Å². The van der Waals surface area contributed by atoms with E-state index in [0.29, 0.717) is 5.82 Å². The molecule has 0 atom stereocenters. The monoisotopic (exact) mass is 703 g/mol. The van der Waals surface area contributed by atoms with Crippen LogP contribution in [0.1, 0.15) is 0 Å². The first-order valence-corrected chi connectivity index (χ1v) is 18.4. The zero-order valence-electron chi connectivity index (χ0n) is 29.8. The molecule has 0 N–H and O–H groups in total. The van der Waals surface area contributed by atoms with E-state index in [2.05, 4.69) is 146 Å². The van der Waals surface area contributed by atoms with Crippen LogP contribution < -0.4 is 0 Å². The predicted molar refractivity (Wildman–Crippen MR) is 225 cm³/mol. The Morgan fingerprint density at radius 3 is 1.42 bits per heavy atom. The number of pyridine rings is 1. The van der Waals surface area contributed by atoms with E-state index in [0.717, 1.165) is 94.8 Å². The van der Waals surface area contributed by atoms with E-state index in [1.54, 1.807) is 0 Å². The van der Waals surface area contributed by atoms with E-state index >= 15 is 0 Å². The fraction of sp³-hybridized carbons (Fsp3) is 0. The van der Waals surface area contributed by atoms with E-state index in [1.165, 1.54) is 0 Å². The van der Waals surface area contributed by atoms with Gasteiger partial charge in [0.05, 0.1) is 28.0 Å². The van der Waals surface area contributed by atoms with Gasteiger partial charge in [0, 0.05) is 38.8 Å². The molecule has 258 valence electrons. The summed E-state index contributed by atoms with van der Waals surface area (Å²) in [4.78, 5) is 15.4. The van der Waals surface area contributed by atoms with Crippen LogP contribution in [0.4, 0.5) is 0 Å². The Hall–Kier alpha value is -7.43. The van der Waals surface area contributed by atoms with Gasteiger partial charge in [-0.05, 0) is 34.9 Å².